The molecule has 0 saturated carbocycles. The van der Waals surface area contributed by atoms with Gasteiger partial charge in [-0.1, -0.05) is 0 Å². The fraction of sp³-hybridized carbons (Fsp3) is 0.286. The number of hydrogen-bond donors (Lipinski definition) is 1. The Morgan fingerprint density at radius 1 is 1.62 bits per heavy atom. The average Bonchev–Trinajstić information content (AvgIpc) is 2.51. The predicted molar refractivity (Wildman–Crippen MR) is 49.9 cm³/mol. The largest absolute Gasteiger partial charge is 0.346 e. The molecule has 0 aliphatic rings. The van der Waals surface area contributed by atoms with Gasteiger partial charge in [0.05, 0.1) is 6.54 Å². The van der Waals surface area contributed by atoms with Crippen LogP contribution in [0.3, 0.4) is 0 Å². The summed E-state index contributed by atoms with van der Waals surface area (Å²) in [6, 6.07) is 1.59. The van der Waals surface area contributed by atoms with Crippen molar-refractivity contribution in [1.82, 2.24) is 5.32 Å². The molecule has 0 spiro atoms. The Bertz CT molecular complexity index is 253. The molecule has 1 heterocycles. The SMILES string of the molecule is Cl.O=C(NCC(F)F)c1ccsc1. The molecule has 0 aliphatic carbocycles. The number of carbonyl (C=O) groups is 1. The molecule has 2 nitrogen and oxygen atoms in total. The van der Waals surface area contributed by atoms with Crippen LogP contribution in [0.1, 0.15) is 10.4 Å². The zero-order valence-corrected chi connectivity index (χ0v) is 8.13. The molecular weight excluding hydrogens is 220 g/mol. The van der Waals surface area contributed by atoms with Crippen molar-refractivity contribution in [2.24, 2.45) is 0 Å². The first-order valence-corrected chi connectivity index (χ1v) is 4.23. The summed E-state index contributed by atoms with van der Waals surface area (Å²) < 4.78 is 23.2. The van der Waals surface area contributed by atoms with E-state index in [4.69, 9.17) is 0 Å². The number of alkyl halides is 2. The third-order valence-corrected chi connectivity index (χ3v) is 1.88. The standard InChI is InChI=1S/C7H7F2NOS.ClH/c8-6(9)3-10-7(11)5-1-2-12-4-5;/h1-2,4,6H,3H2,(H,10,11);1H. The number of carbonyl (C=O) groups excluding carboxylic acids is 1. The van der Waals surface area contributed by atoms with Gasteiger partial charge >= 0.3 is 0 Å². The molecule has 0 atom stereocenters. The Labute approximate surface area is 84.4 Å². The van der Waals surface area contributed by atoms with Crippen LogP contribution in [-0.4, -0.2) is 18.9 Å². The van der Waals surface area contributed by atoms with Gasteiger partial charge in [-0.05, 0) is 11.4 Å². The van der Waals surface area contributed by atoms with Crippen molar-refractivity contribution in [2.75, 3.05) is 6.54 Å². The van der Waals surface area contributed by atoms with Crippen molar-refractivity contribution in [3.8, 4) is 0 Å². The number of thiophene rings is 1. The molecule has 0 bridgehead atoms. The third-order valence-electron chi connectivity index (χ3n) is 1.20. The lowest BCUT2D eigenvalue weighted by atomic mass is 10.3. The number of amides is 1. The van der Waals surface area contributed by atoms with Crippen LogP contribution in [0.25, 0.3) is 0 Å². The number of halogens is 3. The quantitative estimate of drug-likeness (QED) is 0.843. The van der Waals surface area contributed by atoms with E-state index in [2.05, 4.69) is 5.32 Å². The van der Waals surface area contributed by atoms with Gasteiger partial charge in [-0.3, -0.25) is 4.79 Å². The van der Waals surface area contributed by atoms with E-state index < -0.39 is 18.9 Å². The minimum Gasteiger partial charge on any atom is -0.346 e. The van der Waals surface area contributed by atoms with Crippen LogP contribution >= 0.6 is 23.7 Å². The zero-order valence-electron chi connectivity index (χ0n) is 6.50. The molecule has 0 aromatic carbocycles. The molecule has 0 saturated heterocycles. The van der Waals surface area contributed by atoms with Crippen LogP contribution in [0.4, 0.5) is 8.78 Å². The van der Waals surface area contributed by atoms with Gasteiger partial charge < -0.3 is 5.32 Å². The van der Waals surface area contributed by atoms with E-state index in [9.17, 15) is 13.6 Å². The summed E-state index contributed by atoms with van der Waals surface area (Å²) in [6.45, 7) is -0.589. The minimum absolute atomic E-state index is 0. The van der Waals surface area contributed by atoms with E-state index in [1.807, 2.05) is 0 Å². The lowest BCUT2D eigenvalue weighted by Gasteiger charge is -2.00. The predicted octanol–water partition coefficient (Wildman–Crippen LogP) is 2.16. The molecule has 1 aromatic rings. The molecule has 1 aromatic heterocycles. The number of rotatable bonds is 3. The molecule has 74 valence electrons. The van der Waals surface area contributed by atoms with Crippen molar-refractivity contribution in [1.29, 1.82) is 0 Å². The van der Waals surface area contributed by atoms with Crippen LogP contribution in [0.5, 0.6) is 0 Å². The molecule has 1 amide bonds. The van der Waals surface area contributed by atoms with Crippen molar-refractivity contribution < 1.29 is 13.6 Å². The monoisotopic (exact) mass is 227 g/mol. The minimum atomic E-state index is -2.49. The van der Waals surface area contributed by atoms with Crippen molar-refractivity contribution in [3.63, 3.8) is 0 Å². The van der Waals surface area contributed by atoms with Crippen LogP contribution < -0.4 is 5.32 Å². The first kappa shape index (κ1) is 12.3. The third kappa shape index (κ3) is 4.19. The highest BCUT2D eigenvalue weighted by Crippen LogP contribution is 2.05. The molecule has 6 heteroatoms. The van der Waals surface area contributed by atoms with Gasteiger partial charge in [-0.25, -0.2) is 8.78 Å². The van der Waals surface area contributed by atoms with Gasteiger partial charge in [0.25, 0.3) is 12.3 Å². The Kier molecular flexibility index (Phi) is 5.57. The van der Waals surface area contributed by atoms with Crippen molar-refractivity contribution in [3.05, 3.63) is 22.4 Å². The van der Waals surface area contributed by atoms with E-state index in [1.165, 1.54) is 11.3 Å². The van der Waals surface area contributed by atoms with Crippen LogP contribution in [-0.2, 0) is 0 Å². The molecule has 0 aliphatic heterocycles. The Hall–Kier alpha value is -0.680. The van der Waals surface area contributed by atoms with Gasteiger partial charge in [-0.15, -0.1) is 12.4 Å². The average molecular weight is 228 g/mol. The van der Waals surface area contributed by atoms with Crippen LogP contribution in [0.15, 0.2) is 16.8 Å². The number of nitrogens with one attached hydrogen (secondary N) is 1. The Balaban J connectivity index is 0.00000144. The molecule has 1 rings (SSSR count). The fourth-order valence-corrected chi connectivity index (χ4v) is 1.30. The van der Waals surface area contributed by atoms with Crippen molar-refractivity contribution >= 4 is 29.7 Å². The Morgan fingerprint density at radius 3 is 2.77 bits per heavy atom. The molecule has 13 heavy (non-hydrogen) atoms. The van der Waals surface area contributed by atoms with Crippen molar-refractivity contribution in [2.45, 2.75) is 6.43 Å². The summed E-state index contributed by atoms with van der Waals surface area (Å²) in [5.74, 6) is -0.448. The summed E-state index contributed by atoms with van der Waals surface area (Å²) in [5.41, 5.74) is 0.431. The smallest absolute Gasteiger partial charge is 0.255 e. The topological polar surface area (TPSA) is 29.1 Å². The second kappa shape index (κ2) is 5.88. The molecule has 1 N–H and O–H groups in total. The summed E-state index contributed by atoms with van der Waals surface area (Å²) >= 11 is 1.35. The van der Waals surface area contributed by atoms with Gasteiger partial charge in [-0.2, -0.15) is 11.3 Å². The highest BCUT2D eigenvalue weighted by atomic mass is 35.5. The lowest BCUT2D eigenvalue weighted by molar-refractivity contribution is 0.0892. The highest BCUT2D eigenvalue weighted by molar-refractivity contribution is 7.08. The van der Waals surface area contributed by atoms with Gasteiger partial charge in [0.15, 0.2) is 0 Å². The maximum absolute atomic E-state index is 11.6. The maximum Gasteiger partial charge on any atom is 0.255 e. The summed E-state index contributed by atoms with van der Waals surface area (Å²) in [6.07, 6.45) is -2.49. The van der Waals surface area contributed by atoms with Gasteiger partial charge in [0.2, 0.25) is 0 Å². The second-order valence-corrected chi connectivity index (χ2v) is 2.89. The van der Waals surface area contributed by atoms with E-state index in [1.54, 1.807) is 16.8 Å². The van der Waals surface area contributed by atoms with E-state index in [-0.39, 0.29) is 12.4 Å². The van der Waals surface area contributed by atoms with Crippen LogP contribution in [0.2, 0.25) is 0 Å². The molecule has 0 radical (unpaired) electrons. The summed E-state index contributed by atoms with van der Waals surface area (Å²) in [7, 11) is 0. The first-order valence-electron chi connectivity index (χ1n) is 3.28. The fourth-order valence-electron chi connectivity index (χ4n) is 0.666. The molecular formula is C7H8ClF2NOS. The van der Waals surface area contributed by atoms with E-state index in [0.717, 1.165) is 0 Å². The Morgan fingerprint density at radius 2 is 2.31 bits per heavy atom. The molecule has 0 fully saturated rings. The highest BCUT2D eigenvalue weighted by Gasteiger charge is 2.08. The normalized spacial score (nSPS) is 9.46. The number of hydrogen-bond acceptors (Lipinski definition) is 2. The zero-order chi connectivity index (χ0) is 8.97. The summed E-state index contributed by atoms with van der Waals surface area (Å²) in [5, 5.41) is 5.43. The maximum atomic E-state index is 11.6. The lowest BCUT2D eigenvalue weighted by Crippen LogP contribution is -2.27. The van der Waals surface area contributed by atoms with E-state index in [0.29, 0.717) is 5.56 Å². The summed E-state index contributed by atoms with van der Waals surface area (Å²) in [4.78, 5) is 11.0. The first-order chi connectivity index (χ1) is 5.70. The molecule has 0 unspecified atom stereocenters. The van der Waals surface area contributed by atoms with Crippen LogP contribution in [0, 0.1) is 0 Å². The van der Waals surface area contributed by atoms with Gasteiger partial charge in [0, 0.05) is 10.9 Å². The second-order valence-electron chi connectivity index (χ2n) is 2.11. The van der Waals surface area contributed by atoms with E-state index >= 15 is 0 Å². The van der Waals surface area contributed by atoms with Gasteiger partial charge in [0.1, 0.15) is 0 Å².